The molecule has 1 aromatic heterocycles. The van der Waals surface area contributed by atoms with Crippen LogP contribution in [0.15, 0.2) is 36.6 Å². The van der Waals surface area contributed by atoms with Crippen LogP contribution in [0.5, 0.6) is 0 Å². The predicted molar refractivity (Wildman–Crippen MR) is 62.6 cm³/mol. The third-order valence-electron chi connectivity index (χ3n) is 1.99. The van der Waals surface area contributed by atoms with Crippen LogP contribution in [0.25, 0.3) is 11.0 Å². The molecular formula is C10H6Br2O2. The fourth-order valence-corrected chi connectivity index (χ4v) is 2.47. The molecule has 72 valence electrons. The maximum atomic E-state index is 11.7. The Hall–Kier alpha value is -0.610. The number of halogens is 2. The van der Waals surface area contributed by atoms with Crippen molar-refractivity contribution in [1.82, 2.24) is 0 Å². The second-order valence-electron chi connectivity index (χ2n) is 3.01. The molecule has 2 rings (SSSR count). The molecule has 0 radical (unpaired) electrons. The maximum Gasteiger partial charge on any atom is 0.235 e. The van der Waals surface area contributed by atoms with Crippen LogP contribution >= 0.6 is 31.9 Å². The van der Waals surface area contributed by atoms with Gasteiger partial charge in [-0.25, -0.2) is 0 Å². The molecule has 0 saturated heterocycles. The first kappa shape index (κ1) is 9.93. The van der Waals surface area contributed by atoms with Gasteiger partial charge < -0.3 is 4.42 Å². The zero-order valence-electron chi connectivity index (χ0n) is 7.30. The van der Waals surface area contributed by atoms with Gasteiger partial charge in [0, 0.05) is 9.86 Å². The minimum Gasteiger partial charge on any atom is -0.460 e. The van der Waals surface area contributed by atoms with Crippen LogP contribution in [-0.4, -0.2) is 0 Å². The first-order valence-electron chi connectivity index (χ1n) is 3.97. The van der Waals surface area contributed by atoms with E-state index in [-0.39, 0.29) is 5.43 Å². The van der Waals surface area contributed by atoms with Gasteiger partial charge in [-0.05, 0) is 40.5 Å². The third kappa shape index (κ3) is 1.53. The summed E-state index contributed by atoms with van der Waals surface area (Å²) >= 11 is 6.56. The molecule has 1 heterocycles. The Labute approximate surface area is 97.2 Å². The van der Waals surface area contributed by atoms with E-state index in [9.17, 15) is 4.79 Å². The number of rotatable bonds is 0. The SMILES string of the molecule is Cc1coc2c(=O)c(Br)cc(Br)cc12. The molecule has 0 atom stereocenters. The molecule has 14 heavy (non-hydrogen) atoms. The summed E-state index contributed by atoms with van der Waals surface area (Å²) < 4.78 is 6.55. The lowest BCUT2D eigenvalue weighted by Crippen LogP contribution is -1.96. The van der Waals surface area contributed by atoms with E-state index < -0.39 is 0 Å². The van der Waals surface area contributed by atoms with E-state index in [4.69, 9.17) is 4.42 Å². The van der Waals surface area contributed by atoms with Gasteiger partial charge in [0.2, 0.25) is 5.43 Å². The Morgan fingerprint density at radius 2 is 2.00 bits per heavy atom. The molecule has 2 aromatic rings. The van der Waals surface area contributed by atoms with Gasteiger partial charge in [0.25, 0.3) is 0 Å². The van der Waals surface area contributed by atoms with Gasteiger partial charge in [-0.1, -0.05) is 15.9 Å². The van der Waals surface area contributed by atoms with Crippen molar-refractivity contribution in [2.45, 2.75) is 6.92 Å². The number of hydrogen-bond donors (Lipinski definition) is 0. The van der Waals surface area contributed by atoms with E-state index in [1.807, 2.05) is 13.0 Å². The maximum absolute atomic E-state index is 11.7. The molecule has 0 saturated carbocycles. The van der Waals surface area contributed by atoms with Crippen molar-refractivity contribution in [1.29, 1.82) is 0 Å². The smallest absolute Gasteiger partial charge is 0.235 e. The number of aryl methyl sites for hydroxylation is 1. The monoisotopic (exact) mass is 316 g/mol. The molecule has 0 amide bonds. The largest absolute Gasteiger partial charge is 0.460 e. The van der Waals surface area contributed by atoms with Crippen LogP contribution in [0.3, 0.4) is 0 Å². The average Bonchev–Trinajstić information content (AvgIpc) is 2.42. The first-order chi connectivity index (χ1) is 6.59. The Morgan fingerprint density at radius 3 is 2.71 bits per heavy atom. The molecule has 0 aliphatic rings. The van der Waals surface area contributed by atoms with Crippen molar-refractivity contribution in [2.24, 2.45) is 0 Å². The topological polar surface area (TPSA) is 30.2 Å². The van der Waals surface area contributed by atoms with E-state index in [2.05, 4.69) is 31.9 Å². The number of furan rings is 1. The standard InChI is InChI=1S/C10H6Br2O2/c1-5-4-14-10-7(5)2-6(11)3-8(12)9(10)13/h2-4H,1H3. The van der Waals surface area contributed by atoms with Gasteiger partial charge in [-0.15, -0.1) is 0 Å². The van der Waals surface area contributed by atoms with Crippen molar-refractivity contribution in [3.05, 3.63) is 43.1 Å². The molecule has 2 nitrogen and oxygen atoms in total. The number of hydrogen-bond acceptors (Lipinski definition) is 2. The fourth-order valence-electron chi connectivity index (χ4n) is 1.28. The summed E-state index contributed by atoms with van der Waals surface area (Å²) in [6.45, 7) is 1.91. The highest BCUT2D eigenvalue weighted by atomic mass is 79.9. The van der Waals surface area contributed by atoms with Gasteiger partial charge in [-0.2, -0.15) is 0 Å². The van der Waals surface area contributed by atoms with Crippen molar-refractivity contribution in [2.75, 3.05) is 0 Å². The highest BCUT2D eigenvalue weighted by Crippen LogP contribution is 2.22. The van der Waals surface area contributed by atoms with E-state index in [0.717, 1.165) is 15.4 Å². The minimum atomic E-state index is -0.126. The Kier molecular flexibility index (Phi) is 2.49. The molecular weight excluding hydrogens is 312 g/mol. The molecule has 0 bridgehead atoms. The van der Waals surface area contributed by atoms with Crippen molar-refractivity contribution in [3.63, 3.8) is 0 Å². The third-order valence-corrected chi connectivity index (χ3v) is 3.04. The molecule has 0 aliphatic heterocycles. The quantitative estimate of drug-likeness (QED) is 0.742. The Bertz CT molecular complexity index is 558. The van der Waals surface area contributed by atoms with Crippen LogP contribution in [0.2, 0.25) is 0 Å². The molecule has 0 fully saturated rings. The minimum absolute atomic E-state index is 0.126. The molecule has 0 N–H and O–H groups in total. The average molecular weight is 318 g/mol. The highest BCUT2D eigenvalue weighted by molar-refractivity contribution is 9.11. The van der Waals surface area contributed by atoms with Crippen LogP contribution in [0.4, 0.5) is 0 Å². The number of fused-ring (bicyclic) bond motifs is 1. The lowest BCUT2D eigenvalue weighted by molar-refractivity contribution is 0.610. The first-order valence-corrected chi connectivity index (χ1v) is 5.55. The van der Waals surface area contributed by atoms with E-state index in [1.165, 1.54) is 0 Å². The molecule has 0 unspecified atom stereocenters. The lowest BCUT2D eigenvalue weighted by Gasteiger charge is -1.81. The summed E-state index contributed by atoms with van der Waals surface area (Å²) in [6, 6.07) is 3.59. The van der Waals surface area contributed by atoms with Crippen LogP contribution in [-0.2, 0) is 0 Å². The van der Waals surface area contributed by atoms with Gasteiger partial charge in [0.05, 0.1) is 10.7 Å². The zero-order chi connectivity index (χ0) is 10.3. The van der Waals surface area contributed by atoms with E-state index in [0.29, 0.717) is 10.1 Å². The Balaban J connectivity index is 3.09. The summed E-state index contributed by atoms with van der Waals surface area (Å²) in [4.78, 5) is 11.7. The summed E-state index contributed by atoms with van der Waals surface area (Å²) in [5.74, 6) is 0. The molecule has 1 aromatic carbocycles. The van der Waals surface area contributed by atoms with Gasteiger partial charge in [-0.3, -0.25) is 4.79 Å². The zero-order valence-corrected chi connectivity index (χ0v) is 10.5. The summed E-state index contributed by atoms with van der Waals surface area (Å²) in [7, 11) is 0. The van der Waals surface area contributed by atoms with Crippen LogP contribution in [0.1, 0.15) is 5.56 Å². The molecule has 0 aliphatic carbocycles. The van der Waals surface area contributed by atoms with Crippen molar-refractivity contribution in [3.8, 4) is 0 Å². The molecule has 0 spiro atoms. The lowest BCUT2D eigenvalue weighted by atomic mass is 10.2. The van der Waals surface area contributed by atoms with Crippen LogP contribution < -0.4 is 5.43 Å². The van der Waals surface area contributed by atoms with Gasteiger partial charge in [0.15, 0.2) is 5.58 Å². The van der Waals surface area contributed by atoms with Gasteiger partial charge >= 0.3 is 0 Å². The molecule has 4 heteroatoms. The summed E-state index contributed by atoms with van der Waals surface area (Å²) in [6.07, 6.45) is 1.59. The van der Waals surface area contributed by atoms with E-state index >= 15 is 0 Å². The van der Waals surface area contributed by atoms with Crippen molar-refractivity contribution >= 4 is 42.8 Å². The van der Waals surface area contributed by atoms with Crippen LogP contribution in [0, 0.1) is 6.92 Å². The predicted octanol–water partition coefficient (Wildman–Crippen LogP) is 3.63. The van der Waals surface area contributed by atoms with Crippen molar-refractivity contribution < 1.29 is 4.42 Å². The summed E-state index contributed by atoms with van der Waals surface area (Å²) in [5, 5.41) is 0.840. The Morgan fingerprint density at radius 1 is 1.29 bits per heavy atom. The normalized spacial score (nSPS) is 10.8. The second kappa shape index (κ2) is 3.51. The highest BCUT2D eigenvalue weighted by Gasteiger charge is 2.07. The van der Waals surface area contributed by atoms with Gasteiger partial charge in [0.1, 0.15) is 0 Å². The summed E-state index contributed by atoms with van der Waals surface area (Å²) in [5.41, 5.74) is 1.22. The second-order valence-corrected chi connectivity index (χ2v) is 4.78. The van der Waals surface area contributed by atoms with E-state index in [1.54, 1.807) is 12.3 Å². The fraction of sp³-hybridized carbons (Fsp3) is 0.100.